The van der Waals surface area contributed by atoms with Crippen LogP contribution in [0.15, 0.2) is 96.6 Å². The van der Waals surface area contributed by atoms with E-state index in [0.717, 1.165) is 64.2 Å². The maximum absolute atomic E-state index is 15.0. The Labute approximate surface area is 461 Å². The molecule has 0 bridgehead atoms. The second-order valence-corrected chi connectivity index (χ2v) is 48.2. The van der Waals surface area contributed by atoms with Crippen LogP contribution in [-0.2, 0) is 38.3 Å². The van der Waals surface area contributed by atoms with Crippen LogP contribution in [0.5, 0.6) is 5.75 Å². The highest BCUT2D eigenvalue weighted by Gasteiger charge is 2.58. The van der Waals surface area contributed by atoms with Gasteiger partial charge in [-0.15, -0.1) is 6.42 Å². The summed E-state index contributed by atoms with van der Waals surface area (Å²) in [4.78, 5) is 15.0. The number of carbonyl (C=O) groups is 1. The first kappa shape index (κ1) is 64.4. The van der Waals surface area contributed by atoms with Gasteiger partial charge in [-0.25, -0.2) is 0 Å². The van der Waals surface area contributed by atoms with Crippen molar-refractivity contribution in [2.75, 3.05) is 13.7 Å². The summed E-state index contributed by atoms with van der Waals surface area (Å²) in [5.74, 6) is 11.3. The molecule has 0 saturated carbocycles. The topological polar surface area (TPSA) is 81.7 Å². The molecule has 5 atom stereocenters. The van der Waals surface area contributed by atoms with Crippen molar-refractivity contribution in [1.82, 2.24) is 0 Å². The number of terminal acetylenes is 1. The minimum Gasteiger partial charge on any atom is -0.497 e. The molecule has 0 spiro atoms. The van der Waals surface area contributed by atoms with Crippen molar-refractivity contribution in [3.63, 3.8) is 0 Å². The lowest BCUT2D eigenvalue weighted by atomic mass is 9.88. The van der Waals surface area contributed by atoms with Gasteiger partial charge in [0.25, 0.3) is 8.32 Å². The first-order valence-corrected chi connectivity index (χ1v) is 40.7. The Hall–Kier alpha value is -3.17. The Bertz CT molecular complexity index is 2360. The number of ether oxygens (including phenoxy) is 2. The molecule has 0 aromatic heterocycles. The second-order valence-electron chi connectivity index (χ2n) is 25.0. The van der Waals surface area contributed by atoms with Crippen molar-refractivity contribution in [2.24, 2.45) is 0 Å². The zero-order valence-corrected chi connectivity index (χ0v) is 55.2. The molecule has 1 aliphatic carbocycles. The van der Waals surface area contributed by atoms with Gasteiger partial charge in [-0.3, -0.25) is 4.79 Å². The van der Waals surface area contributed by atoms with Crippen LogP contribution in [0, 0.1) is 24.2 Å². The number of methoxy groups -OCH3 is 1. The molecule has 13 heteroatoms. The predicted octanol–water partition coefficient (Wildman–Crippen LogP) is 14.6. The number of aldehydes is 1. The van der Waals surface area contributed by atoms with E-state index in [9.17, 15) is 4.79 Å². The first-order valence-electron chi connectivity index (χ1n) is 27.9. The predicted molar refractivity (Wildman–Crippen MR) is 327 cm³/mol. The van der Waals surface area contributed by atoms with E-state index >= 15 is 0 Å². The molecule has 1 aliphatic rings. The Kier molecular flexibility index (Phi) is 22.1. The molecular formula is C62H98O8Si5. The molecule has 414 valence electrons. The minimum atomic E-state index is -3.20. The van der Waals surface area contributed by atoms with Gasteiger partial charge in [0.05, 0.1) is 26.4 Å². The maximum atomic E-state index is 15.0. The molecule has 0 saturated heterocycles. The van der Waals surface area contributed by atoms with Gasteiger partial charge < -0.3 is 31.6 Å². The van der Waals surface area contributed by atoms with Crippen molar-refractivity contribution in [3.8, 4) is 29.9 Å². The zero-order chi connectivity index (χ0) is 56.4. The summed E-state index contributed by atoms with van der Waals surface area (Å²) in [6.45, 7) is 42.8. The van der Waals surface area contributed by atoms with Gasteiger partial charge in [0.2, 0.25) is 5.60 Å². The number of hydrogen-bond donors (Lipinski definition) is 0. The lowest BCUT2D eigenvalue weighted by Gasteiger charge is -2.49. The molecule has 0 N–H and O–H groups in total. The van der Waals surface area contributed by atoms with Crippen LogP contribution in [-0.4, -0.2) is 91.1 Å². The van der Waals surface area contributed by atoms with Gasteiger partial charge in [0.1, 0.15) is 23.6 Å². The van der Waals surface area contributed by atoms with Crippen LogP contribution in [0.2, 0.25) is 77.6 Å². The van der Waals surface area contributed by atoms with E-state index in [1.807, 2.05) is 36.4 Å². The molecule has 0 fully saturated rings. The average Bonchev–Trinajstić information content (AvgIpc) is 3.71. The third-order valence-corrected chi connectivity index (χ3v) is 40.8. The van der Waals surface area contributed by atoms with E-state index in [2.05, 4.69) is 202 Å². The summed E-state index contributed by atoms with van der Waals surface area (Å²) in [5.41, 5.74) is -1.45. The van der Waals surface area contributed by atoms with E-state index in [-0.39, 0.29) is 34.4 Å². The normalized spacial score (nSPS) is 18.8. The summed E-state index contributed by atoms with van der Waals surface area (Å²) in [6.07, 6.45) is 8.13. The molecule has 3 aromatic carbocycles. The van der Waals surface area contributed by atoms with Crippen molar-refractivity contribution in [3.05, 3.63) is 102 Å². The molecule has 0 heterocycles. The minimum absolute atomic E-state index is 0.00789. The van der Waals surface area contributed by atoms with E-state index in [0.29, 0.717) is 12.0 Å². The van der Waals surface area contributed by atoms with E-state index in [1.54, 1.807) is 7.11 Å². The summed E-state index contributed by atoms with van der Waals surface area (Å²) in [6, 6.07) is 34.0. The molecule has 0 unspecified atom stereocenters. The standard InChI is InChI=1S/C62H98O8Si5/c1-22-56(68-73(23-2,24-3)25-4)62(70-72(20,21)59(11,12)13)46-53(67-71(18,19)58(8,9)10)45-51(62)43-44-61(49-63,69-74(26-5,27-6)28-7)57(65-47-50-39-41-52(64-17)42-40-50)48-66-75(60(14,15)16,54-35-31-29-32-36-54)55-37-33-30-34-38-55/h1,29-42,45,49,53,56-57H,23-28,46-48H2,2-21H3/t53-,56+,57+,61+,62-/m1/s1. The highest BCUT2D eigenvalue weighted by molar-refractivity contribution is 6.99. The third kappa shape index (κ3) is 14.4. The van der Waals surface area contributed by atoms with Crippen molar-refractivity contribution in [2.45, 2.75) is 224 Å². The molecule has 3 aromatic rings. The fourth-order valence-corrected chi connectivity index (χ4v) is 23.0. The molecular weight excluding hydrogens is 1010 g/mol. The first-order chi connectivity index (χ1) is 35.0. The highest BCUT2D eigenvalue weighted by atomic mass is 28.4. The summed E-state index contributed by atoms with van der Waals surface area (Å²) >= 11 is 0. The van der Waals surface area contributed by atoms with Gasteiger partial charge in [-0.2, -0.15) is 0 Å². The second kappa shape index (κ2) is 25.7. The van der Waals surface area contributed by atoms with Gasteiger partial charge in [0, 0.05) is 12.0 Å². The summed E-state index contributed by atoms with van der Waals surface area (Å²) < 4.78 is 50.9. The average molecular weight is 1110 g/mol. The zero-order valence-electron chi connectivity index (χ0n) is 50.2. The molecule has 4 rings (SSSR count). The van der Waals surface area contributed by atoms with Crippen LogP contribution in [0.1, 0.15) is 116 Å². The lowest BCUT2D eigenvalue weighted by molar-refractivity contribution is -0.135. The number of hydrogen-bond acceptors (Lipinski definition) is 8. The van der Waals surface area contributed by atoms with Crippen molar-refractivity contribution < 1.29 is 36.4 Å². The van der Waals surface area contributed by atoms with E-state index < -0.39 is 65.0 Å². The van der Waals surface area contributed by atoms with Crippen LogP contribution in [0.25, 0.3) is 0 Å². The number of benzene rings is 3. The number of carbonyl (C=O) groups excluding carboxylic acids is 1. The largest absolute Gasteiger partial charge is 0.497 e. The highest BCUT2D eigenvalue weighted by Crippen LogP contribution is 2.50. The smallest absolute Gasteiger partial charge is 0.261 e. The summed E-state index contributed by atoms with van der Waals surface area (Å²) in [5, 5.41) is 1.58. The fourth-order valence-electron chi connectivity index (χ4n) is 10.1. The fraction of sp³-hybridized carbons (Fsp3) is 0.597. The molecule has 0 radical (unpaired) electrons. The molecule has 0 aliphatic heterocycles. The Balaban J connectivity index is 2.20. The Morgan fingerprint density at radius 1 is 0.693 bits per heavy atom. The van der Waals surface area contributed by atoms with Crippen LogP contribution >= 0.6 is 0 Å². The molecule has 0 amide bonds. The van der Waals surface area contributed by atoms with E-state index in [1.165, 1.54) is 0 Å². The van der Waals surface area contributed by atoms with Gasteiger partial charge in [0.15, 0.2) is 39.6 Å². The lowest BCUT2D eigenvalue weighted by Crippen LogP contribution is -2.68. The van der Waals surface area contributed by atoms with Gasteiger partial charge in [-0.05, 0) is 112 Å². The molecule has 75 heavy (non-hydrogen) atoms. The molecule has 8 nitrogen and oxygen atoms in total. The monoisotopic (exact) mass is 1110 g/mol. The SMILES string of the molecule is C#C[C@H](O[Si](CC)(CC)CC)[C@@]1(O[Si](C)(C)C(C)(C)C)C[C@H](O[Si](C)(C)C(C)(C)C)C=C1C#C[C@@](C=O)(O[Si](CC)(CC)CC)[C@H](CO[Si](c1ccccc1)(c1ccccc1)C(C)(C)C)OCc1ccc(OC)cc1. The quantitative estimate of drug-likeness (QED) is 0.0447. The Morgan fingerprint density at radius 3 is 1.60 bits per heavy atom. The Morgan fingerprint density at radius 2 is 1.19 bits per heavy atom. The number of rotatable bonds is 26. The summed E-state index contributed by atoms with van der Waals surface area (Å²) in [7, 11) is -11.7. The van der Waals surface area contributed by atoms with E-state index in [4.69, 9.17) is 38.0 Å². The van der Waals surface area contributed by atoms with Crippen LogP contribution in [0.3, 0.4) is 0 Å². The third-order valence-electron chi connectivity index (χ3n) is 17.5. The van der Waals surface area contributed by atoms with Crippen LogP contribution < -0.4 is 15.1 Å². The van der Waals surface area contributed by atoms with Gasteiger partial charge >= 0.3 is 0 Å². The van der Waals surface area contributed by atoms with Crippen molar-refractivity contribution in [1.29, 1.82) is 0 Å². The van der Waals surface area contributed by atoms with Crippen molar-refractivity contribution >= 4 is 58.2 Å². The van der Waals surface area contributed by atoms with Crippen LogP contribution in [0.4, 0.5) is 0 Å². The van der Waals surface area contributed by atoms with Gasteiger partial charge in [-0.1, -0.05) is 194 Å². The maximum Gasteiger partial charge on any atom is 0.261 e.